The summed E-state index contributed by atoms with van der Waals surface area (Å²) in [5.74, 6) is -5.97. The lowest BCUT2D eigenvalue weighted by Gasteiger charge is -2.49. The van der Waals surface area contributed by atoms with Crippen LogP contribution in [0.2, 0.25) is 0 Å². The second-order valence-electron chi connectivity index (χ2n) is 12.1. The molecule has 308 valence electrons. The number of hydrogen-bond donors (Lipinski definition) is 2. The topological polar surface area (TPSA) is 248 Å². The molecule has 2 N–H and O–H groups in total. The van der Waals surface area contributed by atoms with Gasteiger partial charge in [-0.15, -0.1) is 0 Å². The highest BCUT2D eigenvalue weighted by Crippen LogP contribution is 2.35. The molecule has 10 atom stereocenters. The summed E-state index contributed by atoms with van der Waals surface area (Å²) < 4.78 is 57.5. The molecule has 0 unspecified atom stereocenters. The number of carbonyl (C=O) groups is 7. The number of nitrogens with one attached hydrogen (secondary N) is 2. The van der Waals surface area contributed by atoms with Gasteiger partial charge in [-0.2, -0.15) is 5.10 Å². The highest BCUT2D eigenvalue weighted by Gasteiger charge is 2.57. The predicted molar refractivity (Wildman–Crippen MR) is 194 cm³/mol. The van der Waals surface area contributed by atoms with Crippen LogP contribution in [0.15, 0.2) is 33.8 Å². The Morgan fingerprint density at radius 1 is 0.643 bits per heavy atom. The lowest BCUT2D eigenvalue weighted by Crippen LogP contribution is -2.69. The van der Waals surface area contributed by atoms with E-state index in [1.165, 1.54) is 6.21 Å². The van der Waals surface area contributed by atoms with Gasteiger partial charge in [0.25, 0.3) is 0 Å². The van der Waals surface area contributed by atoms with E-state index >= 15 is 0 Å². The van der Waals surface area contributed by atoms with Gasteiger partial charge in [0.05, 0.1) is 6.21 Å². The number of halogens is 1. The van der Waals surface area contributed by atoms with Crippen LogP contribution in [0.3, 0.4) is 0 Å². The number of thiocarbonyl (C=S) groups is 1. The molecule has 1 aromatic rings. The van der Waals surface area contributed by atoms with Gasteiger partial charge in [0.15, 0.2) is 48.2 Å². The van der Waals surface area contributed by atoms with Gasteiger partial charge in [0, 0.05) is 52.9 Å². The summed E-state index contributed by atoms with van der Waals surface area (Å²) >= 11 is 8.75. The molecule has 0 bridgehead atoms. The smallest absolute Gasteiger partial charge is 0.303 e. The fraction of sp³-hybridized carbons (Fsp3) is 0.559. The van der Waals surface area contributed by atoms with Crippen molar-refractivity contribution in [2.75, 3.05) is 13.2 Å². The third-order valence-corrected chi connectivity index (χ3v) is 8.19. The van der Waals surface area contributed by atoms with Crippen LogP contribution >= 0.6 is 28.1 Å². The van der Waals surface area contributed by atoms with Gasteiger partial charge in [-0.3, -0.25) is 39.0 Å². The van der Waals surface area contributed by atoms with Crippen molar-refractivity contribution in [3.05, 3.63) is 34.3 Å². The summed E-state index contributed by atoms with van der Waals surface area (Å²) in [7, 11) is 0. The molecule has 0 aromatic heterocycles. The highest BCUT2D eigenvalue weighted by molar-refractivity contribution is 9.10. The average Bonchev–Trinajstić information content (AvgIpc) is 3.08. The zero-order chi connectivity index (χ0) is 41.7. The van der Waals surface area contributed by atoms with E-state index in [0.29, 0.717) is 5.56 Å². The number of rotatable bonds is 14. The molecule has 0 saturated carbocycles. The van der Waals surface area contributed by atoms with Crippen molar-refractivity contribution in [2.24, 2.45) is 5.10 Å². The molecule has 2 saturated heterocycles. The first-order valence-electron chi connectivity index (χ1n) is 16.8. The molecule has 2 heterocycles. The van der Waals surface area contributed by atoms with Gasteiger partial charge in [0.1, 0.15) is 31.5 Å². The fourth-order valence-electron chi connectivity index (χ4n) is 5.50. The highest BCUT2D eigenvalue weighted by atomic mass is 79.9. The zero-order valence-electron chi connectivity index (χ0n) is 31.2. The maximum Gasteiger partial charge on any atom is 0.303 e. The first kappa shape index (κ1) is 45.6. The van der Waals surface area contributed by atoms with Crippen LogP contribution in [-0.4, -0.2) is 128 Å². The summed E-state index contributed by atoms with van der Waals surface area (Å²) in [6.45, 7) is 6.29. The molecule has 20 nitrogen and oxygen atoms in total. The van der Waals surface area contributed by atoms with Gasteiger partial charge < -0.3 is 52.7 Å². The SMILES string of the molecule is CC(=O)OC[C@H]1O[C@@H](O[C@H]2[C@H](OC(C)=O)[C@@H](OC(C)=O)[C@H](NC(=S)N/N=C/c3ccc(Br)cc3)O[C@@H]2COC(C)=O)[C@H](OC(C)=O)[C@@H](OC(C)=O)[C@H]1OC(C)=O. The number of benzene rings is 1. The number of carbonyl (C=O) groups excluding carboxylic acids is 7. The quantitative estimate of drug-likeness (QED) is 0.0865. The van der Waals surface area contributed by atoms with Gasteiger partial charge in [-0.25, -0.2) is 0 Å². The van der Waals surface area contributed by atoms with Crippen LogP contribution in [0.25, 0.3) is 0 Å². The van der Waals surface area contributed by atoms with E-state index in [-0.39, 0.29) is 5.11 Å². The Morgan fingerprint density at radius 2 is 1.09 bits per heavy atom. The molecule has 0 aliphatic carbocycles. The van der Waals surface area contributed by atoms with E-state index in [2.05, 4.69) is 31.8 Å². The minimum Gasteiger partial charge on any atom is -0.463 e. The summed E-state index contributed by atoms with van der Waals surface area (Å²) in [6, 6.07) is 7.16. The molecular formula is C34H42BrN3O17S. The van der Waals surface area contributed by atoms with Crippen molar-refractivity contribution in [1.29, 1.82) is 0 Å². The van der Waals surface area contributed by atoms with Crippen LogP contribution in [0.5, 0.6) is 0 Å². The Balaban J connectivity index is 2.09. The van der Waals surface area contributed by atoms with Crippen molar-refractivity contribution in [3.8, 4) is 0 Å². The maximum absolute atomic E-state index is 12.6. The van der Waals surface area contributed by atoms with E-state index in [1.54, 1.807) is 24.3 Å². The Kier molecular flexibility index (Phi) is 17.5. The standard InChI is InChI=1S/C34H42BrN3O17S/c1-15(39)46-13-24-27(55-33-31(52-21(7)45)29(50-19(5)43)26(48-17(3)41)25(54-33)14-47-16(2)40)28(49-18(4)42)30(51-20(6)44)32(53-24)37-34(56)38-36-12-22-8-10-23(35)11-9-22/h8-12,24-33H,13-14H2,1-7H3,(H2,37,38,56)/b36-12+/t24-,25-,26+,27-,28+,29+,30-,31-,32-,33+/m1/s1. The molecule has 2 aliphatic rings. The Morgan fingerprint density at radius 3 is 1.59 bits per heavy atom. The first-order chi connectivity index (χ1) is 26.3. The largest absolute Gasteiger partial charge is 0.463 e. The van der Waals surface area contributed by atoms with Crippen LogP contribution in [0.4, 0.5) is 0 Å². The second-order valence-corrected chi connectivity index (χ2v) is 13.4. The lowest BCUT2D eigenvalue weighted by molar-refractivity contribution is -0.345. The van der Waals surface area contributed by atoms with Gasteiger partial charge >= 0.3 is 41.8 Å². The first-order valence-corrected chi connectivity index (χ1v) is 18.0. The van der Waals surface area contributed by atoms with Gasteiger partial charge in [-0.05, 0) is 29.9 Å². The second kappa shape index (κ2) is 21.5. The summed E-state index contributed by atoms with van der Waals surface area (Å²) in [4.78, 5) is 86.0. The van der Waals surface area contributed by atoms with Crippen LogP contribution in [0.1, 0.15) is 54.0 Å². The van der Waals surface area contributed by atoms with E-state index < -0.39 is 116 Å². The van der Waals surface area contributed by atoms with E-state index in [0.717, 1.165) is 52.9 Å². The normalized spacial score (nSPS) is 27.1. The molecular weight excluding hydrogens is 834 g/mol. The number of nitrogens with zero attached hydrogens (tertiary/aromatic N) is 1. The average molecular weight is 877 g/mol. The number of ether oxygens (including phenoxy) is 10. The van der Waals surface area contributed by atoms with Crippen molar-refractivity contribution in [1.82, 2.24) is 10.7 Å². The summed E-state index contributed by atoms with van der Waals surface area (Å²) in [5, 5.41) is 6.73. The number of hydrazone groups is 1. The molecule has 0 amide bonds. The van der Waals surface area contributed by atoms with Gasteiger partial charge in [-0.1, -0.05) is 28.1 Å². The van der Waals surface area contributed by atoms with Gasteiger partial charge in [0.2, 0.25) is 0 Å². The van der Waals surface area contributed by atoms with E-state index in [1.807, 2.05) is 0 Å². The zero-order valence-corrected chi connectivity index (χ0v) is 33.7. The molecule has 2 fully saturated rings. The molecule has 56 heavy (non-hydrogen) atoms. The molecule has 1 aromatic carbocycles. The Bertz CT molecular complexity index is 1650. The van der Waals surface area contributed by atoms with Crippen LogP contribution in [0, 0.1) is 0 Å². The number of hydrogen-bond acceptors (Lipinski definition) is 19. The van der Waals surface area contributed by atoms with Crippen molar-refractivity contribution in [3.63, 3.8) is 0 Å². The Labute approximate surface area is 334 Å². The minimum absolute atomic E-state index is 0.146. The molecule has 0 spiro atoms. The maximum atomic E-state index is 12.6. The molecule has 0 radical (unpaired) electrons. The van der Waals surface area contributed by atoms with E-state index in [4.69, 9.17) is 59.6 Å². The minimum atomic E-state index is -1.82. The molecule has 3 rings (SSSR count). The third kappa shape index (κ3) is 14.4. The van der Waals surface area contributed by atoms with Crippen LogP contribution in [-0.2, 0) is 80.9 Å². The van der Waals surface area contributed by atoms with Crippen molar-refractivity contribution in [2.45, 2.75) is 110 Å². The van der Waals surface area contributed by atoms with E-state index in [9.17, 15) is 33.6 Å². The lowest BCUT2D eigenvalue weighted by atomic mass is 9.95. The monoisotopic (exact) mass is 875 g/mol. The molecule has 22 heteroatoms. The fourth-order valence-corrected chi connectivity index (χ4v) is 5.94. The van der Waals surface area contributed by atoms with Crippen molar-refractivity contribution < 1.29 is 80.9 Å². The predicted octanol–water partition coefficient (Wildman–Crippen LogP) is 0.867. The number of esters is 7. The summed E-state index contributed by atoms with van der Waals surface area (Å²) in [6.07, 6.45) is -14.3. The van der Waals surface area contributed by atoms with Crippen LogP contribution < -0.4 is 10.7 Å². The third-order valence-electron chi connectivity index (χ3n) is 7.45. The summed E-state index contributed by atoms with van der Waals surface area (Å²) in [5.41, 5.74) is 3.32. The molecule has 2 aliphatic heterocycles. The Hall–Kier alpha value is -4.77. The van der Waals surface area contributed by atoms with Crippen molar-refractivity contribution >= 4 is 81.3 Å².